The van der Waals surface area contributed by atoms with Crippen molar-refractivity contribution in [1.29, 1.82) is 0 Å². The number of aryl methyl sites for hydroxylation is 1. The van der Waals surface area contributed by atoms with E-state index in [1.54, 1.807) is 22.7 Å². The SMILES string of the molecule is Cc1csc2c(NCc3cccs3)cc(Cl)nc12.NC1CCCCC1. The van der Waals surface area contributed by atoms with Gasteiger partial charge < -0.3 is 11.1 Å². The summed E-state index contributed by atoms with van der Waals surface area (Å²) in [5.41, 5.74) is 8.88. The number of nitrogens with one attached hydrogen (secondary N) is 1. The van der Waals surface area contributed by atoms with Gasteiger partial charge in [0.15, 0.2) is 0 Å². The average molecular weight is 394 g/mol. The molecule has 3 N–H and O–H groups in total. The zero-order valence-corrected chi connectivity index (χ0v) is 16.8. The molecule has 1 saturated carbocycles. The predicted molar refractivity (Wildman–Crippen MR) is 112 cm³/mol. The molecule has 0 bridgehead atoms. The van der Waals surface area contributed by atoms with Crippen LogP contribution < -0.4 is 11.1 Å². The van der Waals surface area contributed by atoms with Crippen LogP contribution in [0, 0.1) is 6.92 Å². The van der Waals surface area contributed by atoms with Gasteiger partial charge >= 0.3 is 0 Å². The summed E-state index contributed by atoms with van der Waals surface area (Å²) in [6.07, 6.45) is 6.66. The molecule has 0 aromatic carbocycles. The van der Waals surface area contributed by atoms with Gasteiger partial charge in [-0.15, -0.1) is 22.7 Å². The first-order chi connectivity index (χ1) is 12.1. The van der Waals surface area contributed by atoms with Crippen LogP contribution in [-0.4, -0.2) is 11.0 Å². The van der Waals surface area contributed by atoms with Gasteiger partial charge in [-0.3, -0.25) is 0 Å². The van der Waals surface area contributed by atoms with Crippen LogP contribution in [0.2, 0.25) is 5.15 Å². The molecule has 1 aliphatic carbocycles. The monoisotopic (exact) mass is 393 g/mol. The molecule has 3 aromatic heterocycles. The zero-order valence-electron chi connectivity index (χ0n) is 14.4. The lowest BCUT2D eigenvalue weighted by molar-refractivity contribution is 0.441. The van der Waals surface area contributed by atoms with E-state index >= 15 is 0 Å². The molecule has 134 valence electrons. The second-order valence-electron chi connectivity index (χ2n) is 6.42. The number of anilines is 1. The van der Waals surface area contributed by atoms with Gasteiger partial charge in [0.25, 0.3) is 0 Å². The van der Waals surface area contributed by atoms with E-state index in [1.165, 1.54) is 47.2 Å². The van der Waals surface area contributed by atoms with Crippen molar-refractivity contribution in [3.8, 4) is 0 Å². The first kappa shape index (κ1) is 18.6. The molecule has 3 heterocycles. The van der Waals surface area contributed by atoms with E-state index in [1.807, 2.05) is 6.07 Å². The van der Waals surface area contributed by atoms with Crippen molar-refractivity contribution < 1.29 is 0 Å². The maximum atomic E-state index is 6.07. The Bertz CT molecular complexity index is 792. The fraction of sp³-hybridized carbons (Fsp3) is 0.421. The predicted octanol–water partition coefficient (Wildman–Crippen LogP) is 6.21. The zero-order chi connectivity index (χ0) is 17.6. The highest BCUT2D eigenvalue weighted by molar-refractivity contribution is 7.18. The lowest BCUT2D eigenvalue weighted by Crippen LogP contribution is -2.22. The molecule has 3 nitrogen and oxygen atoms in total. The third-order valence-corrected chi connectivity index (χ3v) is 6.54. The highest BCUT2D eigenvalue weighted by Crippen LogP contribution is 2.33. The van der Waals surface area contributed by atoms with Crippen LogP contribution in [0.15, 0.2) is 29.0 Å². The molecule has 0 spiro atoms. The summed E-state index contributed by atoms with van der Waals surface area (Å²) in [7, 11) is 0. The average Bonchev–Trinajstić information content (AvgIpc) is 3.25. The Hall–Kier alpha value is -1.14. The number of hydrogen-bond donors (Lipinski definition) is 2. The number of aromatic nitrogens is 1. The Balaban J connectivity index is 0.000000219. The highest BCUT2D eigenvalue weighted by Gasteiger charge is 2.09. The first-order valence-electron chi connectivity index (χ1n) is 8.69. The summed E-state index contributed by atoms with van der Waals surface area (Å²) >= 11 is 9.52. The molecular formula is C19H24ClN3S2. The Morgan fingerprint density at radius 1 is 1.28 bits per heavy atom. The topological polar surface area (TPSA) is 50.9 Å². The number of fused-ring (bicyclic) bond motifs is 1. The molecule has 1 aliphatic rings. The molecule has 25 heavy (non-hydrogen) atoms. The van der Waals surface area contributed by atoms with Crippen LogP contribution in [0.3, 0.4) is 0 Å². The summed E-state index contributed by atoms with van der Waals surface area (Å²) in [4.78, 5) is 5.69. The fourth-order valence-electron chi connectivity index (χ4n) is 2.95. The maximum Gasteiger partial charge on any atom is 0.131 e. The molecule has 0 atom stereocenters. The van der Waals surface area contributed by atoms with E-state index in [0.29, 0.717) is 11.2 Å². The molecule has 0 saturated heterocycles. The molecule has 0 unspecified atom stereocenters. The van der Waals surface area contributed by atoms with Crippen molar-refractivity contribution in [2.24, 2.45) is 5.73 Å². The highest BCUT2D eigenvalue weighted by atomic mass is 35.5. The van der Waals surface area contributed by atoms with Gasteiger partial charge in [0.1, 0.15) is 5.15 Å². The Morgan fingerprint density at radius 2 is 2.08 bits per heavy atom. The van der Waals surface area contributed by atoms with E-state index in [4.69, 9.17) is 17.3 Å². The van der Waals surface area contributed by atoms with Gasteiger partial charge in [-0.05, 0) is 42.2 Å². The minimum Gasteiger partial charge on any atom is -0.379 e. The van der Waals surface area contributed by atoms with Gasteiger partial charge in [-0.25, -0.2) is 4.98 Å². The van der Waals surface area contributed by atoms with E-state index in [0.717, 1.165) is 17.7 Å². The Kier molecular flexibility index (Phi) is 6.70. The van der Waals surface area contributed by atoms with Crippen molar-refractivity contribution in [2.75, 3.05) is 5.32 Å². The van der Waals surface area contributed by atoms with Crippen LogP contribution in [0.4, 0.5) is 5.69 Å². The lowest BCUT2D eigenvalue weighted by atomic mass is 9.97. The number of rotatable bonds is 3. The van der Waals surface area contributed by atoms with Crippen molar-refractivity contribution >= 4 is 50.2 Å². The van der Waals surface area contributed by atoms with Crippen molar-refractivity contribution in [3.05, 3.63) is 44.6 Å². The van der Waals surface area contributed by atoms with E-state index in [2.05, 4.69) is 40.1 Å². The molecule has 0 aliphatic heterocycles. The number of pyridine rings is 1. The van der Waals surface area contributed by atoms with Gasteiger partial charge in [-0.2, -0.15) is 0 Å². The lowest BCUT2D eigenvalue weighted by Gasteiger charge is -2.15. The minimum absolute atomic E-state index is 0.536. The smallest absolute Gasteiger partial charge is 0.131 e. The summed E-state index contributed by atoms with van der Waals surface area (Å²) in [6, 6.07) is 6.62. The van der Waals surface area contributed by atoms with Crippen LogP contribution in [0.5, 0.6) is 0 Å². The minimum atomic E-state index is 0.536. The summed E-state index contributed by atoms with van der Waals surface area (Å²) in [5, 5.41) is 8.18. The number of thiophene rings is 2. The Labute approximate surface area is 162 Å². The first-order valence-corrected chi connectivity index (χ1v) is 10.8. The third-order valence-electron chi connectivity index (χ3n) is 4.35. The summed E-state index contributed by atoms with van der Waals surface area (Å²) in [5.74, 6) is 0. The second-order valence-corrected chi connectivity index (χ2v) is 8.72. The van der Waals surface area contributed by atoms with Crippen molar-refractivity contribution in [3.63, 3.8) is 0 Å². The van der Waals surface area contributed by atoms with E-state index < -0.39 is 0 Å². The number of halogens is 1. The van der Waals surface area contributed by atoms with Gasteiger partial charge in [0.2, 0.25) is 0 Å². The number of nitrogens with zero attached hydrogens (tertiary/aromatic N) is 1. The van der Waals surface area contributed by atoms with Crippen LogP contribution in [0.1, 0.15) is 42.5 Å². The molecular weight excluding hydrogens is 370 g/mol. The molecule has 6 heteroatoms. The Morgan fingerprint density at radius 3 is 2.72 bits per heavy atom. The van der Waals surface area contributed by atoms with Gasteiger partial charge in [0, 0.05) is 23.5 Å². The van der Waals surface area contributed by atoms with Gasteiger partial charge in [0.05, 0.1) is 15.9 Å². The van der Waals surface area contributed by atoms with Crippen molar-refractivity contribution in [2.45, 2.75) is 51.6 Å². The second kappa shape index (κ2) is 8.99. The molecule has 1 fully saturated rings. The molecule has 3 aromatic rings. The normalized spacial score (nSPS) is 15.0. The van der Waals surface area contributed by atoms with E-state index in [9.17, 15) is 0 Å². The molecule has 4 rings (SSSR count). The van der Waals surface area contributed by atoms with Crippen LogP contribution in [0.25, 0.3) is 10.2 Å². The molecule has 0 radical (unpaired) electrons. The standard InChI is InChI=1S/C13H11ClN2S2.C6H13N/c1-8-7-18-13-10(5-11(14)16-12(8)13)15-6-9-3-2-4-17-9;7-6-4-2-1-3-5-6/h2-5,7H,6H2,1H3,(H,15,16);6H,1-5,7H2. The maximum absolute atomic E-state index is 6.07. The summed E-state index contributed by atoms with van der Waals surface area (Å²) < 4.78 is 1.17. The quantitative estimate of drug-likeness (QED) is 0.520. The number of hydrogen-bond acceptors (Lipinski definition) is 5. The van der Waals surface area contributed by atoms with Crippen molar-refractivity contribution in [1.82, 2.24) is 4.98 Å². The molecule has 0 amide bonds. The largest absolute Gasteiger partial charge is 0.379 e. The number of nitrogens with two attached hydrogens (primary N) is 1. The van der Waals surface area contributed by atoms with E-state index in [-0.39, 0.29) is 0 Å². The van der Waals surface area contributed by atoms with Gasteiger partial charge in [-0.1, -0.05) is 36.9 Å². The summed E-state index contributed by atoms with van der Waals surface area (Å²) in [6.45, 7) is 2.88. The van der Waals surface area contributed by atoms with Crippen LogP contribution in [-0.2, 0) is 6.54 Å². The fourth-order valence-corrected chi connectivity index (χ4v) is 4.77. The van der Waals surface area contributed by atoms with Crippen LogP contribution >= 0.6 is 34.3 Å². The third kappa shape index (κ3) is 5.17.